The highest BCUT2D eigenvalue weighted by molar-refractivity contribution is 7.99. The quantitative estimate of drug-likeness (QED) is 0.552. The van der Waals surface area contributed by atoms with E-state index in [4.69, 9.17) is 10.5 Å². The molecule has 0 aliphatic carbocycles. The predicted molar refractivity (Wildman–Crippen MR) is 81.5 cm³/mol. The number of hydrogen-bond donors (Lipinski definition) is 1. The van der Waals surface area contributed by atoms with Crippen LogP contribution in [0.3, 0.4) is 0 Å². The molecule has 102 valence electrons. The summed E-state index contributed by atoms with van der Waals surface area (Å²) in [5.74, 6) is 3.05. The van der Waals surface area contributed by atoms with Crippen LogP contribution in [-0.4, -0.2) is 42.6 Å². The third-order valence-corrected chi connectivity index (χ3v) is 3.73. The molecule has 0 aliphatic heterocycles. The third-order valence-electron chi connectivity index (χ3n) is 2.80. The average Bonchev–Trinajstić information content (AvgIpc) is 2.38. The van der Waals surface area contributed by atoms with Crippen LogP contribution in [0.5, 0.6) is 5.75 Å². The van der Waals surface area contributed by atoms with Gasteiger partial charge in [0.1, 0.15) is 5.75 Å². The fraction of sp³-hybridized carbons (Fsp3) is 0.571. The second-order valence-corrected chi connectivity index (χ2v) is 5.28. The lowest BCUT2D eigenvalue weighted by Crippen LogP contribution is -2.25. The molecule has 0 saturated carbocycles. The Kier molecular flexibility index (Phi) is 7.69. The number of thioether (sulfide) groups is 1. The molecule has 0 fully saturated rings. The minimum atomic E-state index is 0.742. The molecular formula is C14H24N2OS. The maximum atomic E-state index is 5.68. The monoisotopic (exact) mass is 268 g/mol. The maximum Gasteiger partial charge on any atom is 0.121 e. The Morgan fingerprint density at radius 1 is 1.22 bits per heavy atom. The Morgan fingerprint density at radius 2 is 2.00 bits per heavy atom. The van der Waals surface area contributed by atoms with Crippen LogP contribution in [0.2, 0.25) is 0 Å². The van der Waals surface area contributed by atoms with E-state index in [2.05, 4.69) is 18.7 Å². The number of hydrogen-bond acceptors (Lipinski definition) is 4. The average molecular weight is 268 g/mol. The van der Waals surface area contributed by atoms with E-state index in [1.165, 1.54) is 5.75 Å². The van der Waals surface area contributed by atoms with Crippen molar-refractivity contribution < 1.29 is 4.74 Å². The minimum Gasteiger partial charge on any atom is -0.493 e. The highest BCUT2D eigenvalue weighted by atomic mass is 32.2. The summed E-state index contributed by atoms with van der Waals surface area (Å²) in [6.07, 6.45) is 0. The van der Waals surface area contributed by atoms with Gasteiger partial charge in [0, 0.05) is 29.8 Å². The van der Waals surface area contributed by atoms with Gasteiger partial charge in [0.15, 0.2) is 0 Å². The molecule has 18 heavy (non-hydrogen) atoms. The molecule has 0 bridgehead atoms. The number of nitrogens with two attached hydrogens (primary N) is 1. The van der Waals surface area contributed by atoms with E-state index in [1.54, 1.807) is 0 Å². The second-order valence-electron chi connectivity index (χ2n) is 4.06. The molecule has 2 N–H and O–H groups in total. The molecule has 0 unspecified atom stereocenters. The van der Waals surface area contributed by atoms with Crippen LogP contribution in [-0.2, 0) is 0 Å². The molecule has 0 radical (unpaired) electrons. The first kappa shape index (κ1) is 15.2. The van der Waals surface area contributed by atoms with Crippen molar-refractivity contribution in [3.8, 4) is 5.75 Å². The van der Waals surface area contributed by atoms with Gasteiger partial charge in [-0.05, 0) is 25.2 Å². The van der Waals surface area contributed by atoms with Crippen LogP contribution in [0.15, 0.2) is 24.3 Å². The lowest BCUT2D eigenvalue weighted by Gasteiger charge is -2.17. The smallest absolute Gasteiger partial charge is 0.121 e. The number of rotatable bonds is 9. The summed E-state index contributed by atoms with van der Waals surface area (Å²) in [6.45, 7) is 8.59. The van der Waals surface area contributed by atoms with Crippen LogP contribution >= 0.6 is 11.8 Å². The summed E-state index contributed by atoms with van der Waals surface area (Å²) in [7, 11) is 0. The normalized spacial score (nSPS) is 10.8. The fourth-order valence-corrected chi connectivity index (χ4v) is 2.45. The molecule has 0 aliphatic rings. The molecule has 3 nitrogen and oxygen atoms in total. The highest BCUT2D eigenvalue weighted by Crippen LogP contribution is 2.14. The van der Waals surface area contributed by atoms with E-state index in [9.17, 15) is 0 Å². The van der Waals surface area contributed by atoms with Gasteiger partial charge in [-0.25, -0.2) is 0 Å². The number of benzene rings is 1. The zero-order chi connectivity index (χ0) is 13.2. The Bertz CT molecular complexity index is 329. The van der Waals surface area contributed by atoms with Crippen molar-refractivity contribution in [2.75, 3.05) is 43.5 Å². The number of ether oxygens (including phenoxy) is 1. The Hall–Kier alpha value is -0.870. The van der Waals surface area contributed by atoms with Crippen molar-refractivity contribution in [1.82, 2.24) is 4.90 Å². The van der Waals surface area contributed by atoms with Crippen LogP contribution in [0.4, 0.5) is 5.69 Å². The van der Waals surface area contributed by atoms with Crippen LogP contribution < -0.4 is 10.5 Å². The SMILES string of the molecule is CCN(CC)CCSCCOc1cccc(N)c1. The van der Waals surface area contributed by atoms with Crippen molar-refractivity contribution in [2.24, 2.45) is 0 Å². The topological polar surface area (TPSA) is 38.5 Å². The molecule has 0 aromatic heterocycles. The summed E-state index contributed by atoms with van der Waals surface area (Å²) >= 11 is 1.94. The summed E-state index contributed by atoms with van der Waals surface area (Å²) in [5.41, 5.74) is 6.44. The Morgan fingerprint density at radius 3 is 2.67 bits per heavy atom. The molecule has 1 aromatic carbocycles. The molecule has 4 heteroatoms. The molecule has 0 heterocycles. The van der Waals surface area contributed by atoms with E-state index >= 15 is 0 Å². The van der Waals surface area contributed by atoms with Gasteiger partial charge >= 0.3 is 0 Å². The standard InChI is InChI=1S/C14H24N2OS/c1-3-16(4-2)8-10-18-11-9-17-14-7-5-6-13(15)12-14/h5-7,12H,3-4,8-11,15H2,1-2H3. The molecule has 1 rings (SSSR count). The predicted octanol–water partition coefficient (Wildman–Crippen LogP) is 2.72. The van der Waals surface area contributed by atoms with Gasteiger partial charge in [-0.3, -0.25) is 0 Å². The number of anilines is 1. The van der Waals surface area contributed by atoms with Crippen LogP contribution in [0, 0.1) is 0 Å². The van der Waals surface area contributed by atoms with Gasteiger partial charge in [-0.15, -0.1) is 0 Å². The molecular weight excluding hydrogens is 244 g/mol. The van der Waals surface area contributed by atoms with E-state index in [0.717, 1.165) is 43.4 Å². The van der Waals surface area contributed by atoms with Crippen molar-refractivity contribution in [3.05, 3.63) is 24.3 Å². The first-order valence-corrected chi connectivity index (χ1v) is 7.70. The van der Waals surface area contributed by atoms with Gasteiger partial charge in [0.25, 0.3) is 0 Å². The van der Waals surface area contributed by atoms with E-state index in [0.29, 0.717) is 0 Å². The summed E-state index contributed by atoms with van der Waals surface area (Å²) in [4.78, 5) is 2.44. The van der Waals surface area contributed by atoms with Crippen molar-refractivity contribution in [1.29, 1.82) is 0 Å². The van der Waals surface area contributed by atoms with Gasteiger partial charge < -0.3 is 15.4 Å². The van der Waals surface area contributed by atoms with Gasteiger partial charge in [-0.1, -0.05) is 19.9 Å². The molecule has 0 atom stereocenters. The zero-order valence-corrected chi connectivity index (χ0v) is 12.2. The fourth-order valence-electron chi connectivity index (χ4n) is 1.66. The number of nitrogens with zero attached hydrogens (tertiary/aromatic N) is 1. The highest BCUT2D eigenvalue weighted by Gasteiger charge is 1.99. The molecule has 0 amide bonds. The minimum absolute atomic E-state index is 0.742. The van der Waals surface area contributed by atoms with Crippen molar-refractivity contribution in [3.63, 3.8) is 0 Å². The van der Waals surface area contributed by atoms with Gasteiger partial charge in [-0.2, -0.15) is 11.8 Å². The van der Waals surface area contributed by atoms with Crippen LogP contribution in [0.25, 0.3) is 0 Å². The van der Waals surface area contributed by atoms with Crippen molar-refractivity contribution >= 4 is 17.4 Å². The largest absolute Gasteiger partial charge is 0.493 e. The van der Waals surface area contributed by atoms with Gasteiger partial charge in [0.2, 0.25) is 0 Å². The Labute approximate surface area is 115 Å². The summed E-state index contributed by atoms with van der Waals surface area (Å²) < 4.78 is 5.63. The van der Waals surface area contributed by atoms with E-state index in [1.807, 2.05) is 36.0 Å². The first-order chi connectivity index (χ1) is 8.76. The summed E-state index contributed by atoms with van der Waals surface area (Å²) in [5, 5.41) is 0. The van der Waals surface area contributed by atoms with Crippen molar-refractivity contribution in [2.45, 2.75) is 13.8 Å². The van der Waals surface area contributed by atoms with Crippen LogP contribution in [0.1, 0.15) is 13.8 Å². The first-order valence-electron chi connectivity index (χ1n) is 6.54. The Balaban J connectivity index is 2.05. The number of nitrogen functional groups attached to an aromatic ring is 1. The van der Waals surface area contributed by atoms with Gasteiger partial charge in [0.05, 0.1) is 6.61 Å². The maximum absolute atomic E-state index is 5.68. The lowest BCUT2D eigenvalue weighted by molar-refractivity contribution is 0.323. The molecule has 1 aromatic rings. The molecule has 0 saturated heterocycles. The van der Waals surface area contributed by atoms with E-state index in [-0.39, 0.29) is 0 Å². The molecule has 0 spiro atoms. The zero-order valence-electron chi connectivity index (χ0n) is 11.4. The second kappa shape index (κ2) is 9.11. The van der Waals surface area contributed by atoms with E-state index < -0.39 is 0 Å². The lowest BCUT2D eigenvalue weighted by atomic mass is 10.3. The third kappa shape index (κ3) is 6.17. The summed E-state index contributed by atoms with van der Waals surface area (Å²) in [6, 6.07) is 7.58.